The highest BCUT2D eigenvalue weighted by Crippen LogP contribution is 2.28. The number of anilines is 4. The Kier molecular flexibility index (Phi) is 5.00. The Morgan fingerprint density at radius 2 is 1.88 bits per heavy atom. The quantitative estimate of drug-likeness (QED) is 0.694. The van der Waals surface area contributed by atoms with E-state index in [9.17, 15) is 0 Å². The van der Waals surface area contributed by atoms with Gasteiger partial charge in [-0.05, 0) is 49.2 Å². The molecule has 7 heteroatoms. The van der Waals surface area contributed by atoms with Crippen LogP contribution in [0.3, 0.4) is 0 Å². The second-order valence-electron chi connectivity index (χ2n) is 5.53. The molecule has 0 spiro atoms. The highest BCUT2D eigenvalue weighted by molar-refractivity contribution is 6.31. The molecule has 0 unspecified atom stereocenters. The third-order valence-corrected chi connectivity index (χ3v) is 4.10. The predicted octanol–water partition coefficient (Wildman–Crippen LogP) is 4.64. The number of halogens is 1. The van der Waals surface area contributed by atoms with E-state index in [-0.39, 0.29) is 0 Å². The first-order valence-electron chi connectivity index (χ1n) is 7.70. The van der Waals surface area contributed by atoms with Crippen molar-refractivity contribution in [2.45, 2.75) is 13.8 Å². The maximum absolute atomic E-state index is 6.15. The fourth-order valence-corrected chi connectivity index (χ4v) is 2.51. The van der Waals surface area contributed by atoms with Crippen LogP contribution in [-0.2, 0) is 0 Å². The first kappa shape index (κ1) is 17.0. The van der Waals surface area contributed by atoms with Crippen LogP contribution in [-0.4, -0.2) is 22.3 Å². The lowest BCUT2D eigenvalue weighted by atomic mass is 10.2. The number of benzene rings is 2. The summed E-state index contributed by atoms with van der Waals surface area (Å²) >= 11 is 6.15. The molecule has 3 aromatic rings. The van der Waals surface area contributed by atoms with E-state index < -0.39 is 0 Å². The zero-order valence-electron chi connectivity index (χ0n) is 14.2. The smallest absolute Gasteiger partial charge is 0.249 e. The minimum absolute atomic E-state index is 0.369. The van der Waals surface area contributed by atoms with Crippen molar-refractivity contribution in [1.29, 1.82) is 0 Å². The Labute approximate surface area is 151 Å². The van der Waals surface area contributed by atoms with Crippen LogP contribution >= 0.6 is 11.6 Å². The predicted molar refractivity (Wildman–Crippen MR) is 100 cm³/mol. The lowest BCUT2D eigenvalue weighted by molar-refractivity contribution is 0.416. The zero-order valence-corrected chi connectivity index (χ0v) is 14.9. The Morgan fingerprint density at radius 1 is 1.04 bits per heavy atom. The van der Waals surface area contributed by atoms with Crippen molar-refractivity contribution >= 4 is 34.7 Å². The number of nitrogens with zero attached hydrogens (tertiary/aromatic N) is 3. The number of ether oxygens (including phenoxy) is 1. The molecule has 0 amide bonds. The summed E-state index contributed by atoms with van der Waals surface area (Å²) in [5.74, 6) is 1.64. The van der Waals surface area contributed by atoms with Crippen LogP contribution in [0.1, 0.15) is 11.1 Å². The van der Waals surface area contributed by atoms with Gasteiger partial charge in [-0.3, -0.25) is 0 Å². The maximum Gasteiger partial charge on any atom is 0.249 e. The average Bonchev–Trinajstić information content (AvgIpc) is 2.60. The van der Waals surface area contributed by atoms with E-state index in [0.717, 1.165) is 22.5 Å². The molecule has 0 atom stereocenters. The molecule has 1 heterocycles. The zero-order chi connectivity index (χ0) is 17.8. The van der Waals surface area contributed by atoms with Gasteiger partial charge in [-0.2, -0.15) is 10.1 Å². The summed E-state index contributed by atoms with van der Waals surface area (Å²) in [5, 5.41) is 15.1. The molecular formula is C18H18ClN5O. The van der Waals surface area contributed by atoms with Gasteiger partial charge in [0.25, 0.3) is 0 Å². The SMILES string of the molecule is COc1ccc(C)cc1Nc1nncc(Nc2cccc(Cl)c2C)n1. The topological polar surface area (TPSA) is 72.0 Å². The molecule has 0 saturated carbocycles. The Hall–Kier alpha value is -2.86. The summed E-state index contributed by atoms with van der Waals surface area (Å²) in [6.45, 7) is 3.94. The van der Waals surface area contributed by atoms with Crippen LogP contribution in [0.4, 0.5) is 23.1 Å². The second kappa shape index (κ2) is 7.36. The molecule has 0 saturated heterocycles. The van der Waals surface area contributed by atoms with Crippen LogP contribution in [0.2, 0.25) is 5.02 Å². The molecule has 0 radical (unpaired) electrons. The van der Waals surface area contributed by atoms with E-state index in [1.807, 2.05) is 50.2 Å². The van der Waals surface area contributed by atoms with Gasteiger partial charge in [0.1, 0.15) is 5.75 Å². The number of aryl methyl sites for hydroxylation is 1. The van der Waals surface area contributed by atoms with E-state index in [0.29, 0.717) is 22.5 Å². The minimum Gasteiger partial charge on any atom is -0.495 e. The molecule has 0 aliphatic heterocycles. The van der Waals surface area contributed by atoms with Gasteiger partial charge in [0.05, 0.1) is 19.0 Å². The fraction of sp³-hybridized carbons (Fsp3) is 0.167. The first-order valence-corrected chi connectivity index (χ1v) is 8.08. The fourth-order valence-electron chi connectivity index (χ4n) is 2.34. The van der Waals surface area contributed by atoms with Crippen molar-refractivity contribution in [3.63, 3.8) is 0 Å². The van der Waals surface area contributed by atoms with Gasteiger partial charge in [-0.25, -0.2) is 0 Å². The molecule has 1 aromatic heterocycles. The van der Waals surface area contributed by atoms with Crippen LogP contribution in [0.25, 0.3) is 0 Å². The molecule has 6 nitrogen and oxygen atoms in total. The number of rotatable bonds is 5. The van der Waals surface area contributed by atoms with Crippen molar-refractivity contribution < 1.29 is 4.74 Å². The van der Waals surface area contributed by atoms with Gasteiger partial charge < -0.3 is 15.4 Å². The van der Waals surface area contributed by atoms with E-state index in [2.05, 4.69) is 25.8 Å². The molecule has 2 N–H and O–H groups in total. The average molecular weight is 356 g/mol. The standard InChI is InChI=1S/C18H18ClN5O/c1-11-7-8-16(25-3)15(9-11)22-18-23-17(10-20-24-18)21-14-6-4-5-13(19)12(14)2/h4-10H,1-3H3,(H2,21,22,23,24). The largest absolute Gasteiger partial charge is 0.495 e. The van der Waals surface area contributed by atoms with Crippen molar-refractivity contribution in [2.24, 2.45) is 0 Å². The molecule has 128 valence electrons. The molecule has 25 heavy (non-hydrogen) atoms. The van der Waals surface area contributed by atoms with Crippen molar-refractivity contribution in [3.8, 4) is 5.75 Å². The highest BCUT2D eigenvalue weighted by Gasteiger charge is 2.08. The number of methoxy groups -OCH3 is 1. The molecule has 0 aliphatic rings. The van der Waals surface area contributed by atoms with Crippen molar-refractivity contribution in [3.05, 3.63) is 58.7 Å². The first-order chi connectivity index (χ1) is 12.1. The van der Waals surface area contributed by atoms with Crippen molar-refractivity contribution in [2.75, 3.05) is 17.7 Å². The second-order valence-corrected chi connectivity index (χ2v) is 5.94. The van der Waals surface area contributed by atoms with Crippen LogP contribution in [0, 0.1) is 13.8 Å². The lowest BCUT2D eigenvalue weighted by Crippen LogP contribution is -2.04. The molecular weight excluding hydrogens is 338 g/mol. The van der Waals surface area contributed by atoms with Gasteiger partial charge in [0, 0.05) is 10.7 Å². The summed E-state index contributed by atoms with van der Waals surface area (Å²) in [6.07, 6.45) is 1.55. The van der Waals surface area contributed by atoms with Crippen LogP contribution in [0.5, 0.6) is 5.75 Å². The van der Waals surface area contributed by atoms with E-state index in [1.165, 1.54) is 0 Å². The highest BCUT2D eigenvalue weighted by atomic mass is 35.5. The van der Waals surface area contributed by atoms with Gasteiger partial charge in [-0.15, -0.1) is 5.10 Å². The number of nitrogens with one attached hydrogen (secondary N) is 2. The molecule has 2 aromatic carbocycles. The van der Waals surface area contributed by atoms with Gasteiger partial charge in [0.15, 0.2) is 5.82 Å². The number of aromatic nitrogens is 3. The summed E-state index contributed by atoms with van der Waals surface area (Å²) in [4.78, 5) is 4.44. The summed E-state index contributed by atoms with van der Waals surface area (Å²) in [5.41, 5.74) is 3.69. The summed E-state index contributed by atoms with van der Waals surface area (Å²) in [6, 6.07) is 11.5. The van der Waals surface area contributed by atoms with E-state index in [1.54, 1.807) is 13.3 Å². The molecule has 0 bridgehead atoms. The van der Waals surface area contributed by atoms with Crippen LogP contribution in [0.15, 0.2) is 42.6 Å². The third-order valence-electron chi connectivity index (χ3n) is 3.69. The monoisotopic (exact) mass is 355 g/mol. The number of hydrogen-bond donors (Lipinski definition) is 2. The maximum atomic E-state index is 6.15. The van der Waals surface area contributed by atoms with Gasteiger partial charge in [-0.1, -0.05) is 23.7 Å². The van der Waals surface area contributed by atoms with Gasteiger partial charge >= 0.3 is 0 Å². The minimum atomic E-state index is 0.369. The summed E-state index contributed by atoms with van der Waals surface area (Å²) < 4.78 is 5.36. The molecule has 0 aliphatic carbocycles. The Morgan fingerprint density at radius 3 is 2.68 bits per heavy atom. The lowest BCUT2D eigenvalue weighted by Gasteiger charge is -2.12. The molecule has 0 fully saturated rings. The summed E-state index contributed by atoms with van der Waals surface area (Å²) in [7, 11) is 1.62. The third kappa shape index (κ3) is 3.97. The molecule has 3 rings (SSSR count). The van der Waals surface area contributed by atoms with Crippen LogP contribution < -0.4 is 15.4 Å². The van der Waals surface area contributed by atoms with Crippen molar-refractivity contribution in [1.82, 2.24) is 15.2 Å². The Bertz CT molecular complexity index is 900. The van der Waals surface area contributed by atoms with Gasteiger partial charge in [0.2, 0.25) is 5.95 Å². The number of hydrogen-bond acceptors (Lipinski definition) is 6. The van der Waals surface area contributed by atoms with E-state index >= 15 is 0 Å². The normalized spacial score (nSPS) is 10.4. The Balaban J connectivity index is 1.85. The van der Waals surface area contributed by atoms with E-state index in [4.69, 9.17) is 16.3 Å².